The molecule has 1 rings (SSSR count). The lowest BCUT2D eigenvalue weighted by Crippen LogP contribution is -2.32. The average molecular weight is 333 g/mol. The predicted octanol–water partition coefficient (Wildman–Crippen LogP) is 6.25. The zero-order valence-electron chi connectivity index (χ0n) is 17.0. The fourth-order valence-corrected chi connectivity index (χ4v) is 2.80. The number of allylic oxidation sites excluding steroid dienone is 6. The maximum absolute atomic E-state index is 11.4. The molecule has 0 radical (unpaired) electrons. The Bertz CT molecular complexity index is 512. The van der Waals surface area contributed by atoms with Crippen molar-refractivity contribution in [3.05, 3.63) is 48.1 Å². The number of carbonyl (C=O) groups excluding carboxylic acids is 2. The third-order valence-corrected chi connectivity index (χ3v) is 3.65. The highest BCUT2D eigenvalue weighted by Gasteiger charge is 2.35. The maximum atomic E-state index is 11.4. The summed E-state index contributed by atoms with van der Waals surface area (Å²) < 4.78 is 0. The van der Waals surface area contributed by atoms with Crippen molar-refractivity contribution in [2.24, 2.45) is 11.3 Å². The van der Waals surface area contributed by atoms with Gasteiger partial charge in [-0.1, -0.05) is 43.7 Å². The molecule has 1 unspecified atom stereocenters. The first-order valence-electron chi connectivity index (χ1n) is 8.45. The molecule has 0 saturated carbocycles. The first-order valence-corrected chi connectivity index (χ1v) is 8.45. The molecule has 0 aliphatic heterocycles. The lowest BCUT2D eigenvalue weighted by molar-refractivity contribution is -0.123. The lowest BCUT2D eigenvalue weighted by atomic mass is 9.67. The van der Waals surface area contributed by atoms with E-state index >= 15 is 0 Å². The zero-order valence-corrected chi connectivity index (χ0v) is 17.0. The molecular weight excluding hydrogens is 296 g/mol. The SMILES string of the molecule is C=C(C)C.C=C/C(C)=C/C(C)=O.CC(=O)C1C(C)=CCCC1(C)C. The molecule has 0 saturated heterocycles. The number of hydrogen-bond donors (Lipinski definition) is 0. The lowest BCUT2D eigenvalue weighted by Gasteiger charge is -2.36. The van der Waals surface area contributed by atoms with Gasteiger partial charge in [-0.3, -0.25) is 9.59 Å². The number of rotatable bonds is 3. The molecule has 2 heteroatoms. The third-order valence-electron chi connectivity index (χ3n) is 3.65. The quantitative estimate of drug-likeness (QED) is 0.348. The van der Waals surface area contributed by atoms with E-state index in [0.29, 0.717) is 5.78 Å². The van der Waals surface area contributed by atoms with Gasteiger partial charge < -0.3 is 0 Å². The Kier molecular flexibility index (Phi) is 12.0. The molecular formula is C22H36O2. The van der Waals surface area contributed by atoms with Gasteiger partial charge in [0, 0.05) is 5.92 Å². The van der Waals surface area contributed by atoms with Crippen LogP contribution in [0.1, 0.15) is 68.2 Å². The van der Waals surface area contributed by atoms with E-state index in [4.69, 9.17) is 0 Å². The van der Waals surface area contributed by atoms with Gasteiger partial charge in [0.05, 0.1) is 0 Å². The molecule has 0 spiro atoms. The van der Waals surface area contributed by atoms with Gasteiger partial charge in [-0.25, -0.2) is 0 Å². The van der Waals surface area contributed by atoms with E-state index in [2.05, 4.69) is 40.0 Å². The summed E-state index contributed by atoms with van der Waals surface area (Å²) in [6.07, 6.45) is 7.67. The minimum absolute atomic E-state index is 0.0717. The van der Waals surface area contributed by atoms with E-state index in [1.54, 1.807) is 19.1 Å². The summed E-state index contributed by atoms with van der Waals surface area (Å²) in [4.78, 5) is 21.7. The molecule has 0 aromatic heterocycles. The Labute approximate surface area is 149 Å². The van der Waals surface area contributed by atoms with Gasteiger partial charge in [-0.15, -0.1) is 6.58 Å². The average Bonchev–Trinajstić information content (AvgIpc) is 2.35. The van der Waals surface area contributed by atoms with E-state index in [1.165, 1.54) is 18.1 Å². The van der Waals surface area contributed by atoms with Crippen LogP contribution in [0, 0.1) is 11.3 Å². The second kappa shape index (κ2) is 11.8. The molecule has 0 bridgehead atoms. The van der Waals surface area contributed by atoms with E-state index < -0.39 is 0 Å². The van der Waals surface area contributed by atoms with Crippen LogP contribution in [-0.4, -0.2) is 11.6 Å². The number of carbonyl (C=O) groups is 2. The number of Topliss-reactive ketones (excluding diaryl/α,β-unsaturated/α-hetero) is 1. The first-order chi connectivity index (χ1) is 10.8. The van der Waals surface area contributed by atoms with Crippen LogP contribution in [0.15, 0.2) is 48.1 Å². The van der Waals surface area contributed by atoms with Crippen molar-refractivity contribution < 1.29 is 9.59 Å². The number of ketones is 2. The van der Waals surface area contributed by atoms with Crippen molar-refractivity contribution in [3.8, 4) is 0 Å². The molecule has 0 amide bonds. The third kappa shape index (κ3) is 11.8. The summed E-state index contributed by atoms with van der Waals surface area (Å²) in [7, 11) is 0. The molecule has 0 aromatic rings. The maximum Gasteiger partial charge on any atom is 0.152 e. The van der Waals surface area contributed by atoms with E-state index in [1.807, 2.05) is 20.8 Å². The van der Waals surface area contributed by atoms with E-state index in [-0.39, 0.29) is 17.1 Å². The topological polar surface area (TPSA) is 34.1 Å². The van der Waals surface area contributed by atoms with Crippen molar-refractivity contribution in [1.29, 1.82) is 0 Å². The van der Waals surface area contributed by atoms with Gasteiger partial charge in [0.25, 0.3) is 0 Å². The molecule has 24 heavy (non-hydrogen) atoms. The van der Waals surface area contributed by atoms with Crippen LogP contribution in [0.4, 0.5) is 0 Å². The van der Waals surface area contributed by atoms with Crippen molar-refractivity contribution in [2.45, 2.75) is 68.2 Å². The molecule has 0 fully saturated rings. The second-order valence-electron chi connectivity index (χ2n) is 7.43. The molecule has 1 aliphatic carbocycles. The fraction of sp³-hybridized carbons (Fsp3) is 0.545. The minimum Gasteiger partial charge on any atom is -0.299 e. The van der Waals surface area contributed by atoms with E-state index in [9.17, 15) is 9.59 Å². The monoisotopic (exact) mass is 332 g/mol. The van der Waals surface area contributed by atoms with Gasteiger partial charge in [0.15, 0.2) is 5.78 Å². The van der Waals surface area contributed by atoms with E-state index in [0.717, 1.165) is 18.4 Å². The first kappa shape index (κ1) is 24.6. The fourth-order valence-electron chi connectivity index (χ4n) is 2.80. The van der Waals surface area contributed by atoms with Gasteiger partial charge in [-0.05, 0) is 71.4 Å². The zero-order chi connectivity index (χ0) is 19.5. The van der Waals surface area contributed by atoms with Gasteiger partial charge >= 0.3 is 0 Å². The Morgan fingerprint density at radius 1 is 1.17 bits per heavy atom. The smallest absolute Gasteiger partial charge is 0.152 e. The molecule has 2 nitrogen and oxygen atoms in total. The van der Waals surface area contributed by atoms with Crippen molar-refractivity contribution >= 4 is 11.6 Å². The largest absolute Gasteiger partial charge is 0.299 e. The minimum atomic E-state index is 0.0717. The van der Waals surface area contributed by atoms with Crippen LogP contribution >= 0.6 is 0 Å². The summed E-state index contributed by atoms with van der Waals surface area (Å²) in [5.74, 6) is 0.544. The van der Waals surface area contributed by atoms with Gasteiger partial charge in [-0.2, -0.15) is 0 Å². The van der Waals surface area contributed by atoms with Crippen LogP contribution < -0.4 is 0 Å². The molecule has 136 valence electrons. The Balaban J connectivity index is 0. The van der Waals surface area contributed by atoms with Crippen LogP contribution in [0.2, 0.25) is 0 Å². The Morgan fingerprint density at radius 2 is 1.62 bits per heavy atom. The normalized spacial score (nSPS) is 18.8. The van der Waals surface area contributed by atoms with Gasteiger partial charge in [0.2, 0.25) is 0 Å². The van der Waals surface area contributed by atoms with Crippen molar-refractivity contribution in [3.63, 3.8) is 0 Å². The highest BCUT2D eigenvalue weighted by Crippen LogP contribution is 2.41. The molecule has 0 aromatic carbocycles. The van der Waals surface area contributed by atoms with Crippen LogP contribution in [-0.2, 0) is 9.59 Å². The van der Waals surface area contributed by atoms with Crippen LogP contribution in [0.25, 0.3) is 0 Å². The molecule has 0 heterocycles. The molecule has 1 aliphatic rings. The molecule has 0 N–H and O–H groups in total. The predicted molar refractivity (Wildman–Crippen MR) is 106 cm³/mol. The highest BCUT2D eigenvalue weighted by molar-refractivity contribution is 5.88. The summed E-state index contributed by atoms with van der Waals surface area (Å²) in [5.41, 5.74) is 3.52. The Hall–Kier alpha value is -1.70. The van der Waals surface area contributed by atoms with Gasteiger partial charge in [0.1, 0.15) is 5.78 Å². The van der Waals surface area contributed by atoms with Crippen LogP contribution in [0.5, 0.6) is 0 Å². The van der Waals surface area contributed by atoms with Crippen molar-refractivity contribution in [2.75, 3.05) is 0 Å². The summed E-state index contributed by atoms with van der Waals surface area (Å²) in [6.45, 7) is 22.5. The molecule has 1 atom stereocenters. The summed E-state index contributed by atoms with van der Waals surface area (Å²) in [6, 6.07) is 0. The second-order valence-corrected chi connectivity index (χ2v) is 7.43. The Morgan fingerprint density at radius 3 is 1.83 bits per heavy atom. The van der Waals surface area contributed by atoms with Crippen molar-refractivity contribution in [1.82, 2.24) is 0 Å². The number of hydrogen-bond acceptors (Lipinski definition) is 2. The summed E-state index contributed by atoms with van der Waals surface area (Å²) in [5, 5.41) is 0. The summed E-state index contributed by atoms with van der Waals surface area (Å²) >= 11 is 0. The highest BCUT2D eigenvalue weighted by atomic mass is 16.1. The van der Waals surface area contributed by atoms with Crippen LogP contribution in [0.3, 0.4) is 0 Å². The standard InChI is InChI=1S/C11H18O.C7H10O.C4H8/c1-8-6-5-7-11(3,4)10(8)9(2)12;1-4-6(2)5-7(3)8;1-4(2)3/h6,10H,5,7H2,1-4H3;4-5H,1H2,2-3H3;1H2,2-3H3/b;6-5+;.